The van der Waals surface area contributed by atoms with Gasteiger partial charge in [0.1, 0.15) is 12.4 Å². The zero-order valence-electron chi connectivity index (χ0n) is 11.6. The number of benzene rings is 1. The summed E-state index contributed by atoms with van der Waals surface area (Å²) in [6, 6.07) is 12.0. The largest absolute Gasteiger partial charge is 0.492 e. The van der Waals surface area contributed by atoms with Crippen LogP contribution < -0.4 is 10.1 Å². The first-order valence-corrected chi connectivity index (χ1v) is 6.70. The molecule has 1 aromatic heterocycles. The van der Waals surface area contributed by atoms with E-state index in [0.717, 1.165) is 31.0 Å². The standard InChI is InChI=1S/C15H21N3O/c1-3-13-11-14(18(2)17-13)12-16-9-10-19-15-7-5-4-6-8-15/h4-8,11,16H,3,9-10,12H2,1-2H3. The van der Waals surface area contributed by atoms with E-state index in [-0.39, 0.29) is 0 Å². The summed E-state index contributed by atoms with van der Waals surface area (Å²) < 4.78 is 7.55. The van der Waals surface area contributed by atoms with Crippen LogP contribution in [0.3, 0.4) is 0 Å². The van der Waals surface area contributed by atoms with Crippen LogP contribution in [0, 0.1) is 0 Å². The van der Waals surface area contributed by atoms with Gasteiger partial charge in [0.05, 0.1) is 11.4 Å². The average molecular weight is 259 g/mol. The molecule has 0 unspecified atom stereocenters. The Hall–Kier alpha value is -1.81. The Balaban J connectivity index is 1.68. The van der Waals surface area contributed by atoms with Crippen LogP contribution in [-0.2, 0) is 20.0 Å². The lowest BCUT2D eigenvalue weighted by molar-refractivity contribution is 0.313. The van der Waals surface area contributed by atoms with E-state index in [0.29, 0.717) is 6.61 Å². The number of para-hydroxylation sites is 1. The molecule has 2 aromatic rings. The van der Waals surface area contributed by atoms with Crippen molar-refractivity contribution in [3.05, 3.63) is 47.8 Å². The monoisotopic (exact) mass is 259 g/mol. The Morgan fingerprint density at radius 1 is 1.26 bits per heavy atom. The molecule has 0 spiro atoms. The van der Waals surface area contributed by atoms with Crippen molar-refractivity contribution in [2.24, 2.45) is 7.05 Å². The van der Waals surface area contributed by atoms with Crippen LogP contribution in [0.2, 0.25) is 0 Å². The van der Waals surface area contributed by atoms with Crippen molar-refractivity contribution in [2.75, 3.05) is 13.2 Å². The Morgan fingerprint density at radius 3 is 2.74 bits per heavy atom. The van der Waals surface area contributed by atoms with Gasteiger partial charge in [-0.1, -0.05) is 25.1 Å². The first-order valence-electron chi connectivity index (χ1n) is 6.70. The maximum Gasteiger partial charge on any atom is 0.119 e. The van der Waals surface area contributed by atoms with Crippen LogP contribution in [0.15, 0.2) is 36.4 Å². The summed E-state index contributed by atoms with van der Waals surface area (Å²) in [7, 11) is 1.98. The van der Waals surface area contributed by atoms with Crippen LogP contribution >= 0.6 is 0 Å². The fourth-order valence-corrected chi connectivity index (χ4v) is 1.88. The summed E-state index contributed by atoms with van der Waals surface area (Å²) in [5.74, 6) is 0.915. The van der Waals surface area contributed by atoms with Crippen molar-refractivity contribution >= 4 is 0 Å². The fraction of sp³-hybridized carbons (Fsp3) is 0.400. The average Bonchev–Trinajstić information content (AvgIpc) is 2.80. The molecule has 0 fully saturated rings. The van der Waals surface area contributed by atoms with Gasteiger partial charge in [0.2, 0.25) is 0 Å². The highest BCUT2D eigenvalue weighted by Crippen LogP contribution is 2.07. The topological polar surface area (TPSA) is 39.1 Å². The minimum Gasteiger partial charge on any atom is -0.492 e. The van der Waals surface area contributed by atoms with Crippen LogP contribution in [0.4, 0.5) is 0 Å². The number of aryl methyl sites for hydroxylation is 2. The third kappa shape index (κ3) is 4.10. The molecule has 0 atom stereocenters. The molecule has 102 valence electrons. The zero-order valence-corrected chi connectivity index (χ0v) is 11.6. The van der Waals surface area contributed by atoms with Crippen molar-refractivity contribution < 1.29 is 4.74 Å². The molecule has 1 aromatic carbocycles. The van der Waals surface area contributed by atoms with E-state index < -0.39 is 0 Å². The van der Waals surface area contributed by atoms with E-state index in [1.165, 1.54) is 5.69 Å². The predicted molar refractivity (Wildman–Crippen MR) is 76.2 cm³/mol. The van der Waals surface area contributed by atoms with Crippen LogP contribution in [0.1, 0.15) is 18.3 Å². The number of ether oxygens (including phenoxy) is 1. The highest BCUT2D eigenvalue weighted by Gasteiger charge is 2.02. The second kappa shape index (κ2) is 6.95. The molecule has 1 N–H and O–H groups in total. The second-order valence-electron chi connectivity index (χ2n) is 4.44. The van der Waals surface area contributed by atoms with E-state index in [1.54, 1.807) is 0 Å². The van der Waals surface area contributed by atoms with E-state index >= 15 is 0 Å². The van der Waals surface area contributed by atoms with Crippen molar-refractivity contribution in [3.8, 4) is 5.75 Å². The van der Waals surface area contributed by atoms with Gasteiger partial charge in [0.25, 0.3) is 0 Å². The molecule has 0 aliphatic heterocycles. The lowest BCUT2D eigenvalue weighted by Crippen LogP contribution is -2.21. The molecule has 0 amide bonds. The van der Waals surface area contributed by atoms with E-state index in [2.05, 4.69) is 23.4 Å². The lowest BCUT2D eigenvalue weighted by Gasteiger charge is -2.07. The van der Waals surface area contributed by atoms with Gasteiger partial charge in [-0.3, -0.25) is 4.68 Å². The number of nitrogens with one attached hydrogen (secondary N) is 1. The number of hydrogen-bond acceptors (Lipinski definition) is 3. The van der Waals surface area contributed by atoms with Gasteiger partial charge in [-0.2, -0.15) is 5.10 Å². The highest BCUT2D eigenvalue weighted by molar-refractivity contribution is 5.20. The molecular weight excluding hydrogens is 238 g/mol. The van der Waals surface area contributed by atoms with Gasteiger partial charge in [-0.05, 0) is 24.6 Å². The third-order valence-electron chi connectivity index (χ3n) is 2.99. The predicted octanol–water partition coefficient (Wildman–Crippen LogP) is 2.15. The van der Waals surface area contributed by atoms with Crippen molar-refractivity contribution in [1.29, 1.82) is 0 Å². The molecule has 0 aliphatic rings. The normalized spacial score (nSPS) is 10.6. The van der Waals surface area contributed by atoms with Gasteiger partial charge in [0.15, 0.2) is 0 Å². The quantitative estimate of drug-likeness (QED) is 0.774. The maximum atomic E-state index is 5.62. The Morgan fingerprint density at radius 2 is 2.05 bits per heavy atom. The zero-order chi connectivity index (χ0) is 13.5. The van der Waals surface area contributed by atoms with Gasteiger partial charge >= 0.3 is 0 Å². The first-order chi connectivity index (χ1) is 9.29. The summed E-state index contributed by atoms with van der Waals surface area (Å²) >= 11 is 0. The van der Waals surface area contributed by atoms with Crippen molar-refractivity contribution in [2.45, 2.75) is 19.9 Å². The van der Waals surface area contributed by atoms with Gasteiger partial charge in [0, 0.05) is 20.1 Å². The fourth-order valence-electron chi connectivity index (χ4n) is 1.88. The molecule has 0 saturated heterocycles. The summed E-state index contributed by atoms with van der Waals surface area (Å²) in [5.41, 5.74) is 2.34. The number of nitrogens with zero attached hydrogens (tertiary/aromatic N) is 2. The van der Waals surface area contributed by atoms with Gasteiger partial charge in [-0.25, -0.2) is 0 Å². The summed E-state index contributed by atoms with van der Waals surface area (Å²) in [6.45, 7) is 4.43. The molecule has 4 nitrogen and oxygen atoms in total. The molecular formula is C15H21N3O. The first kappa shape index (κ1) is 13.6. The molecule has 19 heavy (non-hydrogen) atoms. The van der Waals surface area contributed by atoms with Crippen molar-refractivity contribution in [1.82, 2.24) is 15.1 Å². The molecule has 0 aliphatic carbocycles. The molecule has 0 radical (unpaired) electrons. The Kier molecular flexibility index (Phi) is 4.98. The minimum absolute atomic E-state index is 0.669. The Labute approximate surface area is 114 Å². The van der Waals surface area contributed by atoms with E-state index in [1.807, 2.05) is 42.1 Å². The summed E-state index contributed by atoms with van der Waals surface area (Å²) in [4.78, 5) is 0. The molecule has 2 rings (SSSR count). The SMILES string of the molecule is CCc1cc(CNCCOc2ccccc2)n(C)n1. The van der Waals surface area contributed by atoms with Gasteiger partial charge < -0.3 is 10.1 Å². The summed E-state index contributed by atoms with van der Waals surface area (Å²) in [5, 5.41) is 7.79. The molecule has 4 heteroatoms. The molecule has 0 bridgehead atoms. The van der Waals surface area contributed by atoms with Crippen LogP contribution in [0.5, 0.6) is 5.75 Å². The summed E-state index contributed by atoms with van der Waals surface area (Å²) in [6.07, 6.45) is 0.977. The molecule has 1 heterocycles. The number of rotatable bonds is 7. The maximum absolute atomic E-state index is 5.62. The third-order valence-corrected chi connectivity index (χ3v) is 2.99. The van der Waals surface area contributed by atoms with Crippen molar-refractivity contribution in [3.63, 3.8) is 0 Å². The van der Waals surface area contributed by atoms with E-state index in [9.17, 15) is 0 Å². The smallest absolute Gasteiger partial charge is 0.119 e. The highest BCUT2D eigenvalue weighted by atomic mass is 16.5. The number of aromatic nitrogens is 2. The van der Waals surface area contributed by atoms with Crippen LogP contribution in [-0.4, -0.2) is 22.9 Å². The number of hydrogen-bond donors (Lipinski definition) is 1. The van der Waals surface area contributed by atoms with Crippen LogP contribution in [0.25, 0.3) is 0 Å². The minimum atomic E-state index is 0.669. The molecule has 0 saturated carbocycles. The van der Waals surface area contributed by atoms with Gasteiger partial charge in [-0.15, -0.1) is 0 Å². The Bertz CT molecular complexity index is 493. The van der Waals surface area contributed by atoms with E-state index in [4.69, 9.17) is 4.74 Å². The lowest BCUT2D eigenvalue weighted by atomic mass is 10.3. The second-order valence-corrected chi connectivity index (χ2v) is 4.44.